The Kier molecular flexibility index (Phi) is 6.35. The fraction of sp³-hybridized carbons (Fsp3) is 0.385. The van der Waals surface area contributed by atoms with Gasteiger partial charge in [-0.3, -0.25) is 9.59 Å². The molecule has 0 saturated carbocycles. The van der Waals surface area contributed by atoms with Crippen LogP contribution in [0.4, 0.5) is 0 Å². The number of halogens is 1. The van der Waals surface area contributed by atoms with E-state index in [0.717, 1.165) is 4.47 Å². The van der Waals surface area contributed by atoms with E-state index in [2.05, 4.69) is 21.2 Å². The van der Waals surface area contributed by atoms with Gasteiger partial charge in [0.1, 0.15) is 5.75 Å². The van der Waals surface area contributed by atoms with Gasteiger partial charge in [-0.2, -0.15) is 0 Å². The number of rotatable bonds is 7. The Morgan fingerprint density at radius 1 is 1.37 bits per heavy atom. The van der Waals surface area contributed by atoms with Gasteiger partial charge in [-0.25, -0.2) is 0 Å². The highest BCUT2D eigenvalue weighted by Gasteiger charge is 2.13. The quantitative estimate of drug-likeness (QED) is 0.746. The topological polar surface area (TPSA) is 81.4 Å². The molecule has 0 aliphatic carbocycles. The van der Waals surface area contributed by atoms with E-state index < -0.39 is 6.10 Å². The highest BCUT2D eigenvalue weighted by Crippen LogP contribution is 2.17. The lowest BCUT2D eigenvalue weighted by Crippen LogP contribution is -2.37. The first kappa shape index (κ1) is 15.5. The molecule has 0 bridgehead atoms. The maximum absolute atomic E-state index is 11.7. The van der Waals surface area contributed by atoms with Crippen molar-refractivity contribution in [3.05, 3.63) is 28.7 Å². The minimum absolute atomic E-state index is 0.215. The van der Waals surface area contributed by atoms with E-state index in [1.54, 1.807) is 19.1 Å². The summed E-state index contributed by atoms with van der Waals surface area (Å²) in [6.45, 7) is 2.08. The average molecular weight is 329 g/mol. The molecule has 19 heavy (non-hydrogen) atoms. The van der Waals surface area contributed by atoms with Crippen LogP contribution in [0.5, 0.6) is 5.75 Å². The number of primary amides is 1. The molecule has 104 valence electrons. The molecule has 1 rings (SSSR count). The van der Waals surface area contributed by atoms with Gasteiger partial charge in [0.2, 0.25) is 5.91 Å². The Morgan fingerprint density at radius 3 is 2.58 bits per heavy atom. The molecule has 0 heterocycles. The molecule has 0 aromatic heterocycles. The van der Waals surface area contributed by atoms with Crippen molar-refractivity contribution >= 4 is 27.7 Å². The lowest BCUT2D eigenvalue weighted by atomic mass is 10.3. The number of amides is 2. The fourth-order valence-electron chi connectivity index (χ4n) is 1.39. The molecule has 5 nitrogen and oxygen atoms in total. The van der Waals surface area contributed by atoms with Crippen LogP contribution in [0.15, 0.2) is 28.7 Å². The minimum Gasteiger partial charge on any atom is -0.481 e. The Bertz CT molecular complexity index is 434. The molecule has 0 fully saturated rings. The van der Waals surface area contributed by atoms with Crippen LogP contribution in [0, 0.1) is 0 Å². The van der Waals surface area contributed by atoms with Crippen molar-refractivity contribution in [2.45, 2.75) is 25.9 Å². The zero-order valence-corrected chi connectivity index (χ0v) is 12.3. The lowest BCUT2D eigenvalue weighted by Gasteiger charge is -2.14. The summed E-state index contributed by atoms with van der Waals surface area (Å²) in [4.78, 5) is 22.2. The van der Waals surface area contributed by atoms with Crippen LogP contribution in [0.3, 0.4) is 0 Å². The number of ether oxygens (including phenoxy) is 1. The van der Waals surface area contributed by atoms with Crippen LogP contribution in [-0.2, 0) is 9.59 Å². The van der Waals surface area contributed by atoms with Crippen molar-refractivity contribution < 1.29 is 14.3 Å². The SMILES string of the molecule is C[C@@H](Oc1ccc(Br)cc1)C(=O)NCCCC(N)=O. The second-order valence-electron chi connectivity index (χ2n) is 4.07. The zero-order chi connectivity index (χ0) is 14.3. The van der Waals surface area contributed by atoms with Crippen molar-refractivity contribution in [3.63, 3.8) is 0 Å². The highest BCUT2D eigenvalue weighted by atomic mass is 79.9. The van der Waals surface area contributed by atoms with Gasteiger partial charge < -0.3 is 15.8 Å². The summed E-state index contributed by atoms with van der Waals surface area (Å²) in [6.07, 6.45) is 0.212. The van der Waals surface area contributed by atoms with E-state index in [1.807, 2.05) is 12.1 Å². The molecule has 2 amide bonds. The van der Waals surface area contributed by atoms with E-state index in [0.29, 0.717) is 18.7 Å². The first-order valence-electron chi connectivity index (χ1n) is 5.97. The number of nitrogens with one attached hydrogen (secondary N) is 1. The molecule has 1 aromatic rings. The molecule has 1 aromatic carbocycles. The third-order valence-electron chi connectivity index (χ3n) is 2.39. The summed E-state index contributed by atoms with van der Waals surface area (Å²) >= 11 is 3.32. The molecule has 0 spiro atoms. The van der Waals surface area contributed by atoms with E-state index in [1.165, 1.54) is 0 Å². The molecular formula is C13H17BrN2O3. The van der Waals surface area contributed by atoms with Crippen LogP contribution in [0.25, 0.3) is 0 Å². The van der Waals surface area contributed by atoms with Crippen molar-refractivity contribution in [1.82, 2.24) is 5.32 Å². The van der Waals surface area contributed by atoms with Crippen molar-refractivity contribution in [2.75, 3.05) is 6.54 Å². The zero-order valence-electron chi connectivity index (χ0n) is 10.7. The maximum atomic E-state index is 11.7. The Morgan fingerprint density at radius 2 is 2.00 bits per heavy atom. The Hall–Kier alpha value is -1.56. The molecule has 0 aliphatic rings. The van der Waals surface area contributed by atoms with Gasteiger partial charge in [0, 0.05) is 17.4 Å². The molecule has 0 unspecified atom stereocenters. The Labute approximate surface area is 120 Å². The molecule has 0 radical (unpaired) electrons. The first-order valence-corrected chi connectivity index (χ1v) is 6.76. The van der Waals surface area contributed by atoms with Crippen molar-refractivity contribution in [3.8, 4) is 5.75 Å². The number of carbonyl (C=O) groups is 2. The number of hydrogen-bond acceptors (Lipinski definition) is 3. The van der Waals surface area contributed by atoms with Gasteiger partial charge in [0.25, 0.3) is 5.91 Å². The smallest absolute Gasteiger partial charge is 0.260 e. The van der Waals surface area contributed by atoms with Gasteiger partial charge in [-0.1, -0.05) is 15.9 Å². The summed E-state index contributed by atoms with van der Waals surface area (Å²) in [5.41, 5.74) is 5.00. The predicted octanol–water partition coefficient (Wildman–Crippen LogP) is 1.60. The van der Waals surface area contributed by atoms with E-state index in [-0.39, 0.29) is 18.2 Å². The van der Waals surface area contributed by atoms with E-state index >= 15 is 0 Å². The lowest BCUT2D eigenvalue weighted by molar-refractivity contribution is -0.127. The monoisotopic (exact) mass is 328 g/mol. The first-order chi connectivity index (χ1) is 8.99. The molecule has 0 aliphatic heterocycles. The Balaban J connectivity index is 2.32. The number of benzene rings is 1. The molecule has 1 atom stereocenters. The van der Waals surface area contributed by atoms with Crippen molar-refractivity contribution in [2.24, 2.45) is 5.73 Å². The third kappa shape index (κ3) is 6.24. The van der Waals surface area contributed by atoms with E-state index in [4.69, 9.17) is 10.5 Å². The molecule has 6 heteroatoms. The normalized spacial score (nSPS) is 11.7. The van der Waals surface area contributed by atoms with Gasteiger partial charge in [0.15, 0.2) is 6.10 Å². The molecule has 0 saturated heterocycles. The minimum atomic E-state index is -0.588. The summed E-state index contributed by atoms with van der Waals surface area (Å²) in [7, 11) is 0. The summed E-state index contributed by atoms with van der Waals surface area (Å²) < 4.78 is 6.43. The van der Waals surface area contributed by atoms with Gasteiger partial charge in [0.05, 0.1) is 0 Å². The van der Waals surface area contributed by atoms with Gasteiger partial charge in [-0.15, -0.1) is 0 Å². The number of carbonyl (C=O) groups excluding carboxylic acids is 2. The van der Waals surface area contributed by atoms with Crippen LogP contribution in [-0.4, -0.2) is 24.5 Å². The number of nitrogens with two attached hydrogens (primary N) is 1. The summed E-state index contributed by atoms with van der Waals surface area (Å²) in [5, 5.41) is 2.69. The van der Waals surface area contributed by atoms with Crippen LogP contribution >= 0.6 is 15.9 Å². The third-order valence-corrected chi connectivity index (χ3v) is 2.92. The maximum Gasteiger partial charge on any atom is 0.260 e. The largest absolute Gasteiger partial charge is 0.481 e. The second kappa shape index (κ2) is 7.78. The van der Waals surface area contributed by atoms with Gasteiger partial charge >= 0.3 is 0 Å². The second-order valence-corrected chi connectivity index (χ2v) is 4.99. The molecular weight excluding hydrogens is 312 g/mol. The molecule has 3 N–H and O–H groups in total. The van der Waals surface area contributed by atoms with Crippen LogP contribution in [0.2, 0.25) is 0 Å². The highest BCUT2D eigenvalue weighted by molar-refractivity contribution is 9.10. The van der Waals surface area contributed by atoms with Crippen LogP contribution < -0.4 is 15.8 Å². The summed E-state index contributed by atoms with van der Waals surface area (Å²) in [6, 6.07) is 7.24. The standard InChI is InChI=1S/C13H17BrN2O3/c1-9(13(18)16-8-2-3-12(15)17)19-11-6-4-10(14)5-7-11/h4-7,9H,2-3,8H2,1H3,(H2,15,17)(H,16,18)/t9-/m1/s1. The van der Waals surface area contributed by atoms with Gasteiger partial charge in [-0.05, 0) is 37.6 Å². The number of hydrogen-bond donors (Lipinski definition) is 2. The fourth-order valence-corrected chi connectivity index (χ4v) is 1.65. The van der Waals surface area contributed by atoms with Crippen LogP contribution in [0.1, 0.15) is 19.8 Å². The van der Waals surface area contributed by atoms with E-state index in [9.17, 15) is 9.59 Å². The predicted molar refractivity (Wildman–Crippen MR) is 75.7 cm³/mol. The summed E-state index contributed by atoms with van der Waals surface area (Å²) in [5.74, 6) is 0.0452. The van der Waals surface area contributed by atoms with Crippen molar-refractivity contribution in [1.29, 1.82) is 0 Å². The average Bonchev–Trinajstić information content (AvgIpc) is 2.36.